The van der Waals surface area contributed by atoms with E-state index in [1.807, 2.05) is 0 Å². The van der Waals surface area contributed by atoms with E-state index in [1.165, 1.54) is 0 Å². The molecule has 0 amide bonds. The molecule has 0 aliphatic rings. The van der Waals surface area contributed by atoms with Crippen LogP contribution in [0.1, 0.15) is 1.37 Å². The molecule has 0 heterocycles. The van der Waals surface area contributed by atoms with Crippen LogP contribution in [0.2, 0.25) is 0 Å². The molecule has 0 aromatic carbocycles. The Morgan fingerprint density at radius 1 is 2.40 bits per heavy atom. The molecule has 0 unspecified atom stereocenters. The maximum Gasteiger partial charge on any atom is 0.293 e. The van der Waals surface area contributed by atoms with Gasteiger partial charge in [-0.05, 0) is 0 Å². The molecule has 0 saturated carbocycles. The van der Waals surface area contributed by atoms with Crippen LogP contribution in [0.4, 0.5) is 0 Å². The van der Waals surface area contributed by atoms with Crippen molar-refractivity contribution >= 4 is 19.1 Å². The lowest BCUT2D eigenvalue weighted by Crippen LogP contribution is -1.77. The number of carbonyl (C=O) groups excluding carboxylic acids is 1. The Balaban J connectivity index is 2.83. The minimum absolute atomic E-state index is 0.0116. The van der Waals surface area contributed by atoms with E-state index in [0.29, 0.717) is 0 Å². The van der Waals surface area contributed by atoms with E-state index in [9.17, 15) is 4.79 Å². The van der Waals surface area contributed by atoms with Crippen molar-refractivity contribution in [3.63, 3.8) is 0 Å². The second kappa shape index (κ2) is 3.82. The molecular weight excluding hydrogens is 88.1 g/mol. The van der Waals surface area contributed by atoms with Crippen LogP contribution >= 0.6 is 12.6 Å². The van der Waals surface area contributed by atoms with Crippen LogP contribution in [-0.4, -0.2) is 12.4 Å². The molecule has 0 radical (unpaired) electrons. The van der Waals surface area contributed by atoms with Crippen molar-refractivity contribution in [1.29, 1.82) is 0 Å². The van der Waals surface area contributed by atoms with E-state index in [2.05, 4.69) is 17.4 Å². The van der Waals surface area contributed by atoms with E-state index in [-0.39, 0.29) is 5.94 Å². The summed E-state index contributed by atoms with van der Waals surface area (Å²) in [7, 11) is 0. The van der Waals surface area contributed by atoms with Crippen molar-refractivity contribution in [2.75, 3.05) is 5.94 Å². The van der Waals surface area contributed by atoms with Gasteiger partial charge in [0.25, 0.3) is 6.45 Å². The van der Waals surface area contributed by atoms with Gasteiger partial charge in [0.05, 0.1) is 0 Å². The smallest absolute Gasteiger partial charge is 0.293 e. The minimum atomic E-state index is -1.04. The number of thiol groups is 1. The summed E-state index contributed by atoms with van der Waals surface area (Å²) in [5.74, 6) is -0.0116. The van der Waals surface area contributed by atoms with Gasteiger partial charge in [0, 0.05) is 0 Å². The predicted molar refractivity (Wildman–Crippen MR) is 21.0 cm³/mol. The number of hydrogen-bond acceptors (Lipinski definition) is 3. The highest BCUT2D eigenvalue weighted by Gasteiger charge is 1.61. The highest BCUT2D eigenvalue weighted by Crippen LogP contribution is 1.67. The molecule has 5 heavy (non-hydrogen) atoms. The topological polar surface area (TPSA) is 26.3 Å². The zero-order chi connectivity index (χ0) is 4.99. The first kappa shape index (κ1) is 3.03. The van der Waals surface area contributed by atoms with Gasteiger partial charge in [0.2, 0.25) is 0 Å². The second-order valence-corrected chi connectivity index (χ2v) is 0.615. The quantitative estimate of drug-likeness (QED) is 0.281. The molecule has 0 fully saturated rings. The van der Waals surface area contributed by atoms with Crippen molar-refractivity contribution in [2.24, 2.45) is 0 Å². The van der Waals surface area contributed by atoms with E-state index in [4.69, 9.17) is 1.37 Å². The Hall–Kier alpha value is -0.180. The summed E-state index contributed by atoms with van der Waals surface area (Å²) in [6, 6.07) is 0. The van der Waals surface area contributed by atoms with Crippen molar-refractivity contribution in [3.8, 4) is 0 Å². The van der Waals surface area contributed by atoms with Crippen LogP contribution in [0.3, 0.4) is 0 Å². The maximum atomic E-state index is 9.44. The molecule has 0 N–H and O–H groups in total. The van der Waals surface area contributed by atoms with E-state index in [1.54, 1.807) is 0 Å². The molecule has 3 heteroatoms. The first-order valence-electron chi connectivity index (χ1n) is 1.51. The molecule has 0 atom stereocenters. The van der Waals surface area contributed by atoms with Crippen LogP contribution < -0.4 is 0 Å². The van der Waals surface area contributed by atoms with Crippen LogP contribution in [0.5, 0.6) is 0 Å². The molecule has 0 saturated heterocycles. The molecule has 0 rings (SSSR count). The summed E-state index contributed by atoms with van der Waals surface area (Å²) in [6.07, 6.45) is -1.04. The average Bonchev–Trinajstić information content (AvgIpc) is 1.35. The van der Waals surface area contributed by atoms with Crippen molar-refractivity contribution in [1.82, 2.24) is 0 Å². The van der Waals surface area contributed by atoms with Gasteiger partial charge in [-0.25, -0.2) is 0 Å². The summed E-state index contributed by atoms with van der Waals surface area (Å²) >= 11 is 3.50. The van der Waals surface area contributed by atoms with Gasteiger partial charge in [-0.3, -0.25) is 4.79 Å². The highest BCUT2D eigenvalue weighted by molar-refractivity contribution is 7.80. The average molecular weight is 93.1 g/mol. The second-order valence-electron chi connectivity index (χ2n) is 0.357. The van der Waals surface area contributed by atoms with Gasteiger partial charge in [-0.1, -0.05) is 0 Å². The third kappa shape index (κ3) is 3.82. The standard InChI is InChI=1S/C2H4O2S/c3-1-4-2-5/h1,5H,2H2/i1D. The number of carbonyl (C=O) groups is 1. The number of hydrogen-bond donors (Lipinski definition) is 1. The monoisotopic (exact) mass is 93.0 g/mol. The molecule has 0 aliphatic carbocycles. The minimum Gasteiger partial charge on any atom is -0.457 e. The van der Waals surface area contributed by atoms with Crippen molar-refractivity contribution in [2.45, 2.75) is 0 Å². The maximum absolute atomic E-state index is 9.44. The lowest BCUT2D eigenvalue weighted by molar-refractivity contribution is -0.126. The van der Waals surface area contributed by atoms with Gasteiger partial charge in [-0.2, -0.15) is 0 Å². The van der Waals surface area contributed by atoms with Gasteiger partial charge < -0.3 is 4.74 Å². The fourth-order valence-corrected chi connectivity index (χ4v) is 0.0791. The Morgan fingerprint density at radius 2 is 3.00 bits per heavy atom. The SMILES string of the molecule is [2H]C(=O)OCS. The molecular formula is C2H4O2S. The van der Waals surface area contributed by atoms with Gasteiger partial charge >= 0.3 is 0 Å². The van der Waals surface area contributed by atoms with Crippen LogP contribution in [-0.2, 0) is 9.53 Å². The summed E-state index contributed by atoms with van der Waals surface area (Å²) in [6.45, 7) is 0. The van der Waals surface area contributed by atoms with Crippen molar-refractivity contribution in [3.05, 3.63) is 0 Å². The Kier molecular flexibility index (Phi) is 2.31. The Labute approximate surface area is 36.9 Å². The molecule has 30 valence electrons. The highest BCUT2D eigenvalue weighted by atomic mass is 32.1. The van der Waals surface area contributed by atoms with E-state index < -0.39 is 6.45 Å². The molecule has 0 spiro atoms. The van der Waals surface area contributed by atoms with Gasteiger partial charge in [0.1, 0.15) is 5.94 Å². The third-order valence-corrected chi connectivity index (χ3v) is 0.253. The first-order chi connectivity index (χ1) is 2.77. The molecule has 0 bridgehead atoms. The zero-order valence-corrected chi connectivity index (χ0v) is 3.37. The normalized spacial score (nSPS) is 9.40. The summed E-state index contributed by atoms with van der Waals surface area (Å²) in [4.78, 5) is 9.44. The molecule has 0 aromatic heterocycles. The Morgan fingerprint density at radius 3 is 3.00 bits per heavy atom. The summed E-state index contributed by atoms with van der Waals surface area (Å²) in [5, 5.41) is 0. The zero-order valence-electron chi connectivity index (χ0n) is 3.47. The fourth-order valence-electron chi connectivity index (χ4n) is 0.0264. The van der Waals surface area contributed by atoms with Gasteiger partial charge in [-0.15, -0.1) is 12.6 Å². The lowest BCUT2D eigenvalue weighted by Gasteiger charge is -1.79. The van der Waals surface area contributed by atoms with Crippen LogP contribution in [0.25, 0.3) is 0 Å². The van der Waals surface area contributed by atoms with Crippen LogP contribution in [0.15, 0.2) is 0 Å². The molecule has 0 aliphatic heterocycles. The number of ether oxygens (including phenoxy) is 1. The van der Waals surface area contributed by atoms with Crippen molar-refractivity contribution < 1.29 is 10.9 Å². The first-order valence-corrected chi connectivity index (χ1v) is 1.65. The predicted octanol–water partition coefficient (Wildman–Crippen LogP) is 0.0467. The Bertz CT molecular complexity index is 55.5. The molecule has 0 aromatic rings. The fraction of sp³-hybridized carbons (Fsp3) is 0.500. The lowest BCUT2D eigenvalue weighted by atomic mass is 11.5. The van der Waals surface area contributed by atoms with E-state index >= 15 is 0 Å². The third-order valence-electron chi connectivity index (χ3n) is 0.123. The summed E-state index contributed by atoms with van der Waals surface area (Å²) in [5.41, 5.74) is 0. The number of rotatable bonds is 1. The van der Waals surface area contributed by atoms with Crippen LogP contribution in [0, 0.1) is 0 Å². The molecule has 2 nitrogen and oxygen atoms in total. The van der Waals surface area contributed by atoms with E-state index in [0.717, 1.165) is 0 Å². The summed E-state index contributed by atoms with van der Waals surface area (Å²) < 4.78 is 10.0. The van der Waals surface area contributed by atoms with Gasteiger partial charge in [0.15, 0.2) is 1.37 Å². The largest absolute Gasteiger partial charge is 0.457 e.